The monoisotopic (exact) mass is 485 g/mol. The van der Waals surface area contributed by atoms with Gasteiger partial charge >= 0.3 is 0 Å². The van der Waals surface area contributed by atoms with Crippen molar-refractivity contribution in [3.63, 3.8) is 0 Å². The zero-order valence-electron chi connectivity index (χ0n) is 19.9. The highest BCUT2D eigenvalue weighted by Crippen LogP contribution is 2.34. The van der Waals surface area contributed by atoms with Crippen molar-refractivity contribution in [1.82, 2.24) is 9.55 Å². The number of aryl methyl sites for hydroxylation is 1. The molecular weight excluding hydrogens is 458 g/mol. The summed E-state index contributed by atoms with van der Waals surface area (Å²) in [5.41, 5.74) is 5.32. The molecule has 0 bridgehead atoms. The molecule has 0 amide bonds. The average molecular weight is 486 g/mol. The van der Waals surface area contributed by atoms with Crippen molar-refractivity contribution in [2.24, 2.45) is 4.99 Å². The average Bonchev–Trinajstić information content (AvgIpc) is 3.50. The third kappa shape index (κ3) is 4.68. The van der Waals surface area contributed by atoms with Crippen LogP contribution in [0.3, 0.4) is 0 Å². The van der Waals surface area contributed by atoms with Gasteiger partial charge in [-0.15, -0.1) is 11.3 Å². The molecule has 0 spiro atoms. The molecule has 0 aliphatic heterocycles. The van der Waals surface area contributed by atoms with Crippen molar-refractivity contribution in [2.75, 3.05) is 21.3 Å². The van der Waals surface area contributed by atoms with Crippen molar-refractivity contribution < 1.29 is 14.2 Å². The predicted molar refractivity (Wildman–Crippen MR) is 141 cm³/mol. The number of benzene rings is 3. The van der Waals surface area contributed by atoms with E-state index in [0.29, 0.717) is 0 Å². The van der Waals surface area contributed by atoms with Gasteiger partial charge in [-0.05, 0) is 42.3 Å². The normalized spacial score (nSPS) is 11.7. The third-order valence-corrected chi connectivity index (χ3v) is 6.90. The van der Waals surface area contributed by atoms with E-state index < -0.39 is 0 Å². The fraction of sp³-hybridized carbons (Fsp3) is 0.179. The first-order valence-corrected chi connectivity index (χ1v) is 12.2. The molecule has 0 unspecified atom stereocenters. The quantitative estimate of drug-likeness (QED) is 0.285. The first kappa shape index (κ1) is 22.8. The molecule has 0 saturated carbocycles. The lowest BCUT2D eigenvalue weighted by molar-refractivity contribution is 0.395. The van der Waals surface area contributed by atoms with Crippen LogP contribution >= 0.6 is 11.3 Å². The molecule has 6 nitrogen and oxygen atoms in total. The lowest BCUT2D eigenvalue weighted by atomic mass is 10.1. The van der Waals surface area contributed by atoms with Crippen molar-refractivity contribution in [3.8, 4) is 28.5 Å². The highest BCUT2D eigenvalue weighted by Gasteiger charge is 2.15. The minimum absolute atomic E-state index is 0.757. The van der Waals surface area contributed by atoms with E-state index >= 15 is 0 Å². The summed E-state index contributed by atoms with van der Waals surface area (Å²) in [5, 5.41) is 3.39. The molecule has 5 rings (SSSR count). The van der Waals surface area contributed by atoms with E-state index in [1.165, 1.54) is 10.9 Å². The van der Waals surface area contributed by atoms with Crippen molar-refractivity contribution in [2.45, 2.75) is 13.0 Å². The second-order valence-electron chi connectivity index (χ2n) is 8.04. The lowest BCUT2D eigenvalue weighted by Crippen LogP contribution is -2.17. The summed E-state index contributed by atoms with van der Waals surface area (Å²) in [5.74, 6) is 2.30. The Morgan fingerprint density at radius 3 is 2.54 bits per heavy atom. The van der Waals surface area contributed by atoms with Gasteiger partial charge in [0.15, 0.2) is 4.80 Å². The van der Waals surface area contributed by atoms with E-state index in [4.69, 9.17) is 19.2 Å². The third-order valence-electron chi connectivity index (χ3n) is 6.04. The maximum absolute atomic E-state index is 5.72. The van der Waals surface area contributed by atoms with Crippen LogP contribution in [-0.2, 0) is 13.0 Å². The van der Waals surface area contributed by atoms with Crippen molar-refractivity contribution in [1.29, 1.82) is 0 Å². The van der Waals surface area contributed by atoms with Gasteiger partial charge in [0, 0.05) is 46.7 Å². The minimum atomic E-state index is 0.757. The van der Waals surface area contributed by atoms with E-state index in [-0.39, 0.29) is 0 Å². The van der Waals surface area contributed by atoms with Crippen LogP contribution < -0.4 is 19.0 Å². The molecule has 0 radical (unpaired) electrons. The summed E-state index contributed by atoms with van der Waals surface area (Å²) < 4.78 is 18.8. The van der Waals surface area contributed by atoms with E-state index in [2.05, 4.69) is 45.4 Å². The van der Waals surface area contributed by atoms with Crippen LogP contribution in [0.5, 0.6) is 17.2 Å². The Morgan fingerprint density at radius 1 is 0.886 bits per heavy atom. The van der Waals surface area contributed by atoms with Gasteiger partial charge in [-0.25, -0.2) is 4.99 Å². The van der Waals surface area contributed by atoms with Gasteiger partial charge in [-0.3, -0.25) is 0 Å². The number of thiazole rings is 1. The number of para-hydroxylation sites is 1. The first-order valence-electron chi connectivity index (χ1n) is 11.3. The molecule has 0 fully saturated rings. The maximum Gasteiger partial charge on any atom is 0.190 e. The van der Waals surface area contributed by atoms with Gasteiger partial charge in [0.25, 0.3) is 0 Å². The van der Waals surface area contributed by atoms with E-state index in [9.17, 15) is 0 Å². The number of fused-ring (bicyclic) bond motifs is 1. The van der Waals surface area contributed by atoms with E-state index in [1.807, 2.05) is 42.5 Å². The predicted octanol–water partition coefficient (Wildman–Crippen LogP) is 6.20. The molecule has 3 aromatic carbocycles. The first-order chi connectivity index (χ1) is 17.2. The molecule has 2 heterocycles. The number of H-pyrrole nitrogens is 1. The van der Waals surface area contributed by atoms with Crippen LogP contribution in [0.2, 0.25) is 0 Å². The SMILES string of the molecule is COc1cccc(N=c2scc(-c3ccc(OC)cc3OC)n2CCc2c[nH]c3ccccc23)c1. The molecule has 0 atom stereocenters. The molecule has 178 valence electrons. The molecular formula is C28H27N3O3S. The van der Waals surface area contributed by atoms with E-state index in [0.717, 1.165) is 57.5 Å². The zero-order valence-corrected chi connectivity index (χ0v) is 20.8. The van der Waals surface area contributed by atoms with Gasteiger partial charge in [-0.2, -0.15) is 0 Å². The number of hydrogen-bond acceptors (Lipinski definition) is 5. The smallest absolute Gasteiger partial charge is 0.190 e. The Balaban J connectivity index is 1.60. The molecule has 2 aromatic heterocycles. The molecule has 5 aromatic rings. The molecule has 0 saturated heterocycles. The fourth-order valence-corrected chi connectivity index (χ4v) is 5.17. The number of nitrogens with one attached hydrogen (secondary N) is 1. The van der Waals surface area contributed by atoms with Crippen LogP contribution in [0, 0.1) is 0 Å². The number of methoxy groups -OCH3 is 3. The van der Waals surface area contributed by atoms with Crippen molar-refractivity contribution in [3.05, 3.63) is 88.7 Å². The Morgan fingerprint density at radius 2 is 1.71 bits per heavy atom. The van der Waals surface area contributed by atoms with Crippen LogP contribution in [0.1, 0.15) is 5.56 Å². The summed E-state index contributed by atoms with van der Waals surface area (Å²) in [4.78, 5) is 9.27. The highest BCUT2D eigenvalue weighted by atomic mass is 32.1. The van der Waals surface area contributed by atoms with Crippen molar-refractivity contribution >= 4 is 27.9 Å². The molecule has 35 heavy (non-hydrogen) atoms. The topological polar surface area (TPSA) is 60.8 Å². The molecule has 7 heteroatoms. The number of nitrogens with zero attached hydrogens (tertiary/aromatic N) is 2. The van der Waals surface area contributed by atoms with Crippen LogP contribution in [0.25, 0.3) is 22.2 Å². The Kier molecular flexibility index (Phi) is 6.59. The van der Waals surface area contributed by atoms with Gasteiger partial charge < -0.3 is 23.8 Å². The summed E-state index contributed by atoms with van der Waals surface area (Å²) in [6, 6.07) is 22.1. The summed E-state index contributed by atoms with van der Waals surface area (Å²) in [7, 11) is 5.01. The lowest BCUT2D eigenvalue weighted by Gasteiger charge is -2.13. The number of ether oxygens (including phenoxy) is 3. The zero-order chi connectivity index (χ0) is 24.2. The highest BCUT2D eigenvalue weighted by molar-refractivity contribution is 7.07. The van der Waals surface area contributed by atoms with Gasteiger partial charge in [0.2, 0.25) is 0 Å². The summed E-state index contributed by atoms with van der Waals surface area (Å²) in [6.45, 7) is 0.763. The Hall–Kier alpha value is -3.97. The second kappa shape index (κ2) is 10.1. The number of aromatic nitrogens is 2. The number of hydrogen-bond donors (Lipinski definition) is 1. The van der Waals surface area contributed by atoms with Gasteiger partial charge in [0.1, 0.15) is 17.2 Å². The maximum atomic E-state index is 5.72. The van der Waals surface area contributed by atoms with Crippen LogP contribution in [-0.4, -0.2) is 30.9 Å². The number of rotatable bonds is 8. The largest absolute Gasteiger partial charge is 0.497 e. The van der Waals surface area contributed by atoms with Gasteiger partial charge in [0.05, 0.1) is 32.7 Å². The Labute approximate surface area is 208 Å². The van der Waals surface area contributed by atoms with Crippen LogP contribution in [0.15, 0.2) is 83.3 Å². The number of aromatic amines is 1. The second-order valence-corrected chi connectivity index (χ2v) is 8.88. The van der Waals surface area contributed by atoms with E-state index in [1.54, 1.807) is 32.7 Å². The molecule has 0 aliphatic carbocycles. The molecule has 0 aliphatic rings. The Bertz CT molecular complexity index is 1530. The summed E-state index contributed by atoms with van der Waals surface area (Å²) >= 11 is 1.61. The minimum Gasteiger partial charge on any atom is -0.497 e. The molecule has 1 N–H and O–H groups in total. The van der Waals surface area contributed by atoms with Crippen LogP contribution in [0.4, 0.5) is 5.69 Å². The van der Waals surface area contributed by atoms with Gasteiger partial charge in [-0.1, -0.05) is 24.3 Å². The summed E-state index contributed by atoms with van der Waals surface area (Å²) in [6.07, 6.45) is 2.96. The fourth-order valence-electron chi connectivity index (χ4n) is 4.22. The standard InChI is InChI=1S/C28H27N3O3S/c1-32-21-8-6-7-20(15-21)30-28-31(14-13-19-17-29-25-10-5-4-9-23(19)25)26(18-35-28)24-12-11-22(33-2)16-27(24)34-3/h4-12,15-18,29H,13-14H2,1-3H3.